The average molecular weight is 395 g/mol. The highest BCUT2D eigenvalue weighted by atomic mass is 127. The topological polar surface area (TPSA) is 45.7 Å². The standard InChI is InChI=1S/C15H29N3O.HI/c1-15(2,3)13-11(6-5-9-19-13)10-17-14(16-4)18-12-7-8-12;/h11-13H,5-10H2,1-4H3,(H2,16,17,18);1H. The molecule has 2 rings (SSSR count). The SMILES string of the molecule is CN=C(NCC1CCCOC1C(C)(C)C)NC1CC1.I. The van der Waals surface area contributed by atoms with E-state index in [0.29, 0.717) is 18.1 Å². The van der Waals surface area contributed by atoms with Gasteiger partial charge in [0.15, 0.2) is 5.96 Å². The maximum absolute atomic E-state index is 6.01. The summed E-state index contributed by atoms with van der Waals surface area (Å²) in [4.78, 5) is 4.29. The Bertz CT molecular complexity index is 324. The Morgan fingerprint density at radius 1 is 1.25 bits per heavy atom. The fourth-order valence-electron chi connectivity index (χ4n) is 2.85. The van der Waals surface area contributed by atoms with E-state index in [9.17, 15) is 0 Å². The number of hydrogen-bond acceptors (Lipinski definition) is 2. The fraction of sp³-hybridized carbons (Fsp3) is 0.933. The van der Waals surface area contributed by atoms with Crippen molar-refractivity contribution >= 4 is 29.9 Å². The molecule has 1 saturated heterocycles. The molecule has 2 unspecified atom stereocenters. The summed E-state index contributed by atoms with van der Waals surface area (Å²) in [5.74, 6) is 1.52. The first kappa shape index (κ1) is 18.0. The van der Waals surface area contributed by atoms with Crippen LogP contribution in [0, 0.1) is 11.3 Å². The second kappa shape index (κ2) is 7.82. The van der Waals surface area contributed by atoms with E-state index in [1.807, 2.05) is 7.05 Å². The lowest BCUT2D eigenvalue weighted by atomic mass is 9.78. The van der Waals surface area contributed by atoms with E-state index in [1.54, 1.807) is 0 Å². The molecule has 5 heteroatoms. The van der Waals surface area contributed by atoms with Gasteiger partial charge in [-0.25, -0.2) is 0 Å². The van der Waals surface area contributed by atoms with E-state index in [4.69, 9.17) is 4.74 Å². The Balaban J connectivity index is 0.00000200. The van der Waals surface area contributed by atoms with Crippen LogP contribution in [0.25, 0.3) is 0 Å². The maximum atomic E-state index is 6.01. The van der Waals surface area contributed by atoms with Gasteiger partial charge in [-0.05, 0) is 31.1 Å². The largest absolute Gasteiger partial charge is 0.377 e. The summed E-state index contributed by atoms with van der Waals surface area (Å²) in [6.45, 7) is 8.68. The van der Waals surface area contributed by atoms with E-state index in [0.717, 1.165) is 19.1 Å². The van der Waals surface area contributed by atoms with Crippen molar-refractivity contribution in [3.8, 4) is 0 Å². The molecule has 2 N–H and O–H groups in total. The molecule has 1 heterocycles. The van der Waals surface area contributed by atoms with Crippen molar-refractivity contribution in [1.82, 2.24) is 10.6 Å². The summed E-state index contributed by atoms with van der Waals surface area (Å²) in [6.07, 6.45) is 5.31. The number of hydrogen-bond donors (Lipinski definition) is 2. The summed E-state index contributed by atoms with van der Waals surface area (Å²) in [5.41, 5.74) is 0.209. The number of rotatable bonds is 3. The monoisotopic (exact) mass is 395 g/mol. The zero-order chi connectivity index (χ0) is 13.9. The van der Waals surface area contributed by atoms with E-state index in [2.05, 4.69) is 36.4 Å². The van der Waals surface area contributed by atoms with Crippen molar-refractivity contribution in [2.24, 2.45) is 16.3 Å². The third-order valence-electron chi connectivity index (χ3n) is 3.97. The Morgan fingerprint density at radius 3 is 2.50 bits per heavy atom. The number of guanidine groups is 1. The third kappa shape index (κ3) is 5.39. The molecular weight excluding hydrogens is 365 g/mol. The number of nitrogens with zero attached hydrogens (tertiary/aromatic N) is 1. The van der Waals surface area contributed by atoms with E-state index < -0.39 is 0 Å². The number of ether oxygens (including phenoxy) is 1. The van der Waals surface area contributed by atoms with Gasteiger partial charge >= 0.3 is 0 Å². The van der Waals surface area contributed by atoms with Gasteiger partial charge in [0.05, 0.1) is 6.10 Å². The molecule has 0 amide bonds. The lowest BCUT2D eigenvalue weighted by Gasteiger charge is -2.40. The summed E-state index contributed by atoms with van der Waals surface area (Å²) in [5, 5.41) is 6.90. The van der Waals surface area contributed by atoms with Crippen molar-refractivity contribution in [1.29, 1.82) is 0 Å². The lowest BCUT2D eigenvalue weighted by Crippen LogP contribution is -2.47. The number of nitrogens with one attached hydrogen (secondary N) is 2. The second-order valence-electron chi connectivity index (χ2n) is 6.93. The van der Waals surface area contributed by atoms with E-state index in [1.165, 1.54) is 25.7 Å². The molecule has 20 heavy (non-hydrogen) atoms. The van der Waals surface area contributed by atoms with Gasteiger partial charge < -0.3 is 15.4 Å². The van der Waals surface area contributed by atoms with Crippen molar-refractivity contribution < 1.29 is 4.74 Å². The van der Waals surface area contributed by atoms with Crippen LogP contribution in [0.2, 0.25) is 0 Å². The van der Waals surface area contributed by atoms with Gasteiger partial charge in [0, 0.05) is 32.2 Å². The minimum absolute atomic E-state index is 0. The van der Waals surface area contributed by atoms with Crippen LogP contribution in [0.3, 0.4) is 0 Å². The van der Waals surface area contributed by atoms with Crippen LogP contribution in [-0.4, -0.2) is 38.3 Å². The predicted octanol–water partition coefficient (Wildman–Crippen LogP) is 2.77. The molecule has 2 aliphatic rings. The Kier molecular flexibility index (Phi) is 7.04. The molecule has 0 spiro atoms. The quantitative estimate of drug-likeness (QED) is 0.439. The minimum Gasteiger partial charge on any atom is -0.377 e. The van der Waals surface area contributed by atoms with Crippen LogP contribution >= 0.6 is 24.0 Å². The molecule has 4 nitrogen and oxygen atoms in total. The average Bonchev–Trinajstić information content (AvgIpc) is 3.17. The van der Waals surface area contributed by atoms with E-state index >= 15 is 0 Å². The van der Waals surface area contributed by atoms with Crippen LogP contribution in [0.4, 0.5) is 0 Å². The van der Waals surface area contributed by atoms with Crippen LogP contribution < -0.4 is 10.6 Å². The molecule has 0 aromatic carbocycles. The Hall–Kier alpha value is -0.0400. The van der Waals surface area contributed by atoms with Crippen molar-refractivity contribution in [2.75, 3.05) is 20.2 Å². The normalized spacial score (nSPS) is 27.7. The minimum atomic E-state index is 0. The second-order valence-corrected chi connectivity index (χ2v) is 6.93. The Labute approximate surface area is 140 Å². The zero-order valence-electron chi connectivity index (χ0n) is 13.2. The van der Waals surface area contributed by atoms with Gasteiger partial charge in [0.2, 0.25) is 0 Å². The van der Waals surface area contributed by atoms with Gasteiger partial charge in [-0.2, -0.15) is 0 Å². The molecule has 0 aromatic rings. The molecule has 2 fully saturated rings. The van der Waals surface area contributed by atoms with Crippen molar-refractivity contribution in [3.05, 3.63) is 0 Å². The molecule has 1 aliphatic carbocycles. The first-order valence-electron chi connectivity index (χ1n) is 7.59. The van der Waals surface area contributed by atoms with Gasteiger partial charge in [-0.1, -0.05) is 20.8 Å². The molecule has 1 aliphatic heterocycles. The predicted molar refractivity (Wildman–Crippen MR) is 94.9 cm³/mol. The van der Waals surface area contributed by atoms with Crippen LogP contribution in [0.5, 0.6) is 0 Å². The van der Waals surface area contributed by atoms with Gasteiger partial charge in [0.25, 0.3) is 0 Å². The smallest absolute Gasteiger partial charge is 0.191 e. The Morgan fingerprint density at radius 2 is 1.95 bits per heavy atom. The number of halogens is 1. The van der Waals surface area contributed by atoms with Crippen molar-refractivity contribution in [3.63, 3.8) is 0 Å². The molecule has 0 aromatic heterocycles. The molecule has 0 bridgehead atoms. The molecular formula is C15H30IN3O. The van der Waals surface area contributed by atoms with Crippen LogP contribution in [0.15, 0.2) is 4.99 Å². The van der Waals surface area contributed by atoms with Crippen molar-refractivity contribution in [2.45, 2.75) is 58.6 Å². The zero-order valence-corrected chi connectivity index (χ0v) is 15.6. The molecule has 1 saturated carbocycles. The summed E-state index contributed by atoms with van der Waals surface area (Å²) in [7, 11) is 1.84. The van der Waals surface area contributed by atoms with E-state index in [-0.39, 0.29) is 29.4 Å². The van der Waals surface area contributed by atoms with Gasteiger partial charge in [-0.3, -0.25) is 4.99 Å². The van der Waals surface area contributed by atoms with Crippen LogP contribution in [-0.2, 0) is 4.74 Å². The van der Waals surface area contributed by atoms with Gasteiger partial charge in [0.1, 0.15) is 0 Å². The first-order valence-corrected chi connectivity index (χ1v) is 7.59. The first-order chi connectivity index (χ1) is 9.00. The highest BCUT2D eigenvalue weighted by Crippen LogP contribution is 2.33. The number of aliphatic imine (C=N–C) groups is 1. The lowest BCUT2D eigenvalue weighted by molar-refractivity contribution is -0.0835. The highest BCUT2D eigenvalue weighted by molar-refractivity contribution is 14.0. The molecule has 2 atom stereocenters. The fourth-order valence-corrected chi connectivity index (χ4v) is 2.85. The highest BCUT2D eigenvalue weighted by Gasteiger charge is 2.35. The molecule has 0 radical (unpaired) electrons. The van der Waals surface area contributed by atoms with Gasteiger partial charge in [-0.15, -0.1) is 24.0 Å². The summed E-state index contributed by atoms with van der Waals surface area (Å²) < 4.78 is 6.01. The summed E-state index contributed by atoms with van der Waals surface area (Å²) in [6, 6.07) is 0.646. The third-order valence-corrected chi connectivity index (χ3v) is 3.97. The maximum Gasteiger partial charge on any atom is 0.191 e. The summed E-state index contributed by atoms with van der Waals surface area (Å²) >= 11 is 0. The van der Waals surface area contributed by atoms with Crippen LogP contribution in [0.1, 0.15) is 46.5 Å². The molecule has 118 valence electrons.